The Kier molecular flexibility index (Phi) is 5.92. The van der Waals surface area contributed by atoms with Gasteiger partial charge < -0.3 is 15.6 Å². The van der Waals surface area contributed by atoms with Gasteiger partial charge in [0, 0.05) is 13.6 Å². The number of hydrazine groups is 1. The quantitative estimate of drug-likeness (QED) is 0.394. The van der Waals surface area contributed by atoms with E-state index in [2.05, 4.69) is 10.7 Å². The van der Waals surface area contributed by atoms with Gasteiger partial charge in [-0.2, -0.15) is 0 Å². The van der Waals surface area contributed by atoms with E-state index in [9.17, 15) is 14.9 Å². The Morgan fingerprint density at radius 2 is 2.14 bits per heavy atom. The third-order valence-electron chi connectivity index (χ3n) is 2.85. The Hall–Kier alpha value is -2.35. The lowest BCUT2D eigenvalue weighted by atomic mass is 10.2. The summed E-state index contributed by atoms with van der Waals surface area (Å²) in [6.07, 6.45) is 0. The van der Waals surface area contributed by atoms with E-state index in [1.54, 1.807) is 19.2 Å². The average Bonchev–Trinajstić information content (AvgIpc) is 2.43. The van der Waals surface area contributed by atoms with Gasteiger partial charge >= 0.3 is 5.69 Å². The van der Waals surface area contributed by atoms with Crippen molar-refractivity contribution >= 4 is 23.0 Å². The molecule has 0 radical (unpaired) electrons. The van der Waals surface area contributed by atoms with Crippen LogP contribution in [0.25, 0.3) is 0 Å². The van der Waals surface area contributed by atoms with E-state index >= 15 is 0 Å². The topological polar surface area (TPSA) is 114 Å². The molecule has 0 saturated carbocycles. The highest BCUT2D eigenvalue weighted by Gasteiger charge is 2.22. The molecule has 0 unspecified atom stereocenters. The maximum Gasteiger partial charge on any atom is 0.316 e. The second kappa shape index (κ2) is 7.44. The Bertz CT molecular complexity index is 519. The Labute approximate surface area is 123 Å². The third kappa shape index (κ3) is 4.60. The Morgan fingerprint density at radius 3 is 2.67 bits per heavy atom. The molecule has 0 bridgehead atoms. The standard InChI is InChI=1S/C13H21N5O3/c1-9(2)7-15-12(19)8-17(3)11-6-4-5-10(16-14)13(11)18(20)21/h4-6,9,16H,7-8,14H2,1-3H3,(H,15,19). The minimum atomic E-state index is -0.521. The predicted octanol–water partition coefficient (Wildman–Crippen LogP) is 1.09. The van der Waals surface area contributed by atoms with Crippen LogP contribution in [0.2, 0.25) is 0 Å². The number of hydrogen-bond acceptors (Lipinski definition) is 6. The molecular weight excluding hydrogens is 274 g/mol. The molecule has 1 aromatic carbocycles. The molecule has 4 N–H and O–H groups in total. The fourth-order valence-corrected chi connectivity index (χ4v) is 1.82. The number of anilines is 2. The lowest BCUT2D eigenvalue weighted by Gasteiger charge is -2.20. The van der Waals surface area contributed by atoms with Crippen molar-refractivity contribution in [3.63, 3.8) is 0 Å². The first-order chi connectivity index (χ1) is 9.86. The molecule has 0 atom stereocenters. The molecule has 0 aliphatic heterocycles. The fourth-order valence-electron chi connectivity index (χ4n) is 1.82. The number of nitrogen functional groups attached to an aromatic ring is 1. The van der Waals surface area contributed by atoms with Crippen molar-refractivity contribution in [2.24, 2.45) is 11.8 Å². The lowest BCUT2D eigenvalue weighted by molar-refractivity contribution is -0.383. The van der Waals surface area contributed by atoms with Gasteiger partial charge in [-0.3, -0.25) is 20.8 Å². The SMILES string of the molecule is CC(C)CNC(=O)CN(C)c1cccc(NN)c1[N+](=O)[O-]. The van der Waals surface area contributed by atoms with E-state index in [0.29, 0.717) is 18.2 Å². The summed E-state index contributed by atoms with van der Waals surface area (Å²) in [5.74, 6) is 5.44. The van der Waals surface area contributed by atoms with Gasteiger partial charge in [-0.15, -0.1) is 0 Å². The number of hydrogen-bond donors (Lipinski definition) is 3. The summed E-state index contributed by atoms with van der Waals surface area (Å²) in [5.41, 5.74) is 2.67. The van der Waals surface area contributed by atoms with E-state index in [0.717, 1.165) is 0 Å². The Morgan fingerprint density at radius 1 is 1.48 bits per heavy atom. The van der Waals surface area contributed by atoms with Crippen LogP contribution in [0.15, 0.2) is 18.2 Å². The lowest BCUT2D eigenvalue weighted by Crippen LogP contribution is -2.37. The van der Waals surface area contributed by atoms with Crippen LogP contribution >= 0.6 is 0 Å². The zero-order valence-electron chi connectivity index (χ0n) is 12.4. The molecule has 0 heterocycles. The fraction of sp³-hybridized carbons (Fsp3) is 0.462. The molecule has 8 nitrogen and oxygen atoms in total. The number of likely N-dealkylation sites (N-methyl/N-ethyl adjacent to an activating group) is 1. The number of nitrogens with zero attached hydrogens (tertiary/aromatic N) is 2. The molecule has 0 spiro atoms. The number of nitrogens with two attached hydrogens (primary N) is 1. The van der Waals surface area contributed by atoms with E-state index in [4.69, 9.17) is 5.84 Å². The van der Waals surface area contributed by atoms with Gasteiger partial charge in [-0.1, -0.05) is 19.9 Å². The van der Waals surface area contributed by atoms with E-state index < -0.39 is 4.92 Å². The molecule has 21 heavy (non-hydrogen) atoms. The van der Waals surface area contributed by atoms with Gasteiger partial charge in [-0.25, -0.2) is 0 Å². The van der Waals surface area contributed by atoms with Gasteiger partial charge in [0.05, 0.1) is 11.5 Å². The average molecular weight is 295 g/mol. The highest BCUT2D eigenvalue weighted by atomic mass is 16.6. The molecule has 0 aliphatic rings. The van der Waals surface area contributed by atoms with Crippen molar-refractivity contribution in [3.05, 3.63) is 28.3 Å². The molecule has 0 fully saturated rings. The van der Waals surface area contributed by atoms with Crippen molar-refractivity contribution < 1.29 is 9.72 Å². The van der Waals surface area contributed by atoms with E-state index in [-0.39, 0.29) is 23.8 Å². The minimum Gasteiger partial charge on any atom is -0.360 e. The van der Waals surface area contributed by atoms with Crippen LogP contribution in [0.1, 0.15) is 13.8 Å². The first kappa shape index (κ1) is 16.7. The summed E-state index contributed by atoms with van der Waals surface area (Å²) in [6.45, 7) is 4.58. The van der Waals surface area contributed by atoms with Crippen LogP contribution < -0.4 is 21.5 Å². The van der Waals surface area contributed by atoms with Gasteiger partial charge in [0.25, 0.3) is 0 Å². The number of carbonyl (C=O) groups is 1. The first-order valence-electron chi connectivity index (χ1n) is 6.58. The Balaban J connectivity index is 2.89. The molecule has 1 rings (SSSR count). The van der Waals surface area contributed by atoms with Crippen molar-refractivity contribution in [2.45, 2.75) is 13.8 Å². The summed E-state index contributed by atoms with van der Waals surface area (Å²) >= 11 is 0. The number of amides is 1. The summed E-state index contributed by atoms with van der Waals surface area (Å²) in [7, 11) is 1.62. The zero-order valence-corrected chi connectivity index (χ0v) is 12.4. The summed E-state index contributed by atoms with van der Waals surface area (Å²) in [4.78, 5) is 24.0. The highest BCUT2D eigenvalue weighted by molar-refractivity contribution is 5.84. The van der Waals surface area contributed by atoms with Crippen LogP contribution in [0.3, 0.4) is 0 Å². The number of rotatable bonds is 7. The molecular formula is C13H21N5O3. The summed E-state index contributed by atoms with van der Waals surface area (Å²) < 4.78 is 0. The zero-order chi connectivity index (χ0) is 16.0. The number of nitro benzene ring substituents is 1. The molecule has 116 valence electrons. The van der Waals surface area contributed by atoms with Crippen molar-refractivity contribution in [2.75, 3.05) is 30.5 Å². The maximum atomic E-state index is 11.8. The maximum absolute atomic E-state index is 11.8. The van der Waals surface area contributed by atoms with Crippen LogP contribution in [-0.4, -0.2) is 31.0 Å². The number of nitro groups is 1. The normalized spacial score (nSPS) is 10.3. The number of nitrogens with one attached hydrogen (secondary N) is 2. The summed E-state index contributed by atoms with van der Waals surface area (Å²) in [6, 6.07) is 4.73. The van der Waals surface area contributed by atoms with Gasteiger partial charge in [0.15, 0.2) is 0 Å². The number of benzene rings is 1. The van der Waals surface area contributed by atoms with Gasteiger partial charge in [0.1, 0.15) is 11.4 Å². The van der Waals surface area contributed by atoms with Crippen LogP contribution in [0.4, 0.5) is 17.1 Å². The third-order valence-corrected chi connectivity index (χ3v) is 2.85. The predicted molar refractivity (Wildman–Crippen MR) is 82.0 cm³/mol. The van der Waals surface area contributed by atoms with Crippen LogP contribution in [0.5, 0.6) is 0 Å². The number of para-hydroxylation sites is 1. The molecule has 1 aromatic rings. The van der Waals surface area contributed by atoms with Crippen molar-refractivity contribution in [3.8, 4) is 0 Å². The van der Waals surface area contributed by atoms with Crippen LogP contribution in [0, 0.1) is 16.0 Å². The second-order valence-electron chi connectivity index (χ2n) is 5.13. The number of carbonyl (C=O) groups excluding carboxylic acids is 1. The van der Waals surface area contributed by atoms with E-state index in [1.807, 2.05) is 13.8 Å². The monoisotopic (exact) mass is 295 g/mol. The molecule has 0 aliphatic carbocycles. The van der Waals surface area contributed by atoms with Gasteiger partial charge in [0.2, 0.25) is 5.91 Å². The van der Waals surface area contributed by atoms with Crippen LogP contribution in [-0.2, 0) is 4.79 Å². The summed E-state index contributed by atoms with van der Waals surface area (Å²) in [5, 5.41) is 14.0. The minimum absolute atomic E-state index is 0.0293. The molecule has 0 saturated heterocycles. The largest absolute Gasteiger partial charge is 0.360 e. The first-order valence-corrected chi connectivity index (χ1v) is 6.58. The molecule has 8 heteroatoms. The second-order valence-corrected chi connectivity index (χ2v) is 5.13. The highest BCUT2D eigenvalue weighted by Crippen LogP contribution is 2.34. The molecule has 1 amide bonds. The van der Waals surface area contributed by atoms with Crippen molar-refractivity contribution in [1.82, 2.24) is 5.32 Å². The van der Waals surface area contributed by atoms with Crippen molar-refractivity contribution in [1.29, 1.82) is 0 Å². The van der Waals surface area contributed by atoms with Gasteiger partial charge in [-0.05, 0) is 18.1 Å². The molecule has 0 aromatic heterocycles. The van der Waals surface area contributed by atoms with E-state index in [1.165, 1.54) is 11.0 Å². The smallest absolute Gasteiger partial charge is 0.316 e.